The Hall–Kier alpha value is -3.10. The van der Waals surface area contributed by atoms with E-state index >= 15 is 0 Å². The summed E-state index contributed by atoms with van der Waals surface area (Å²) in [6.45, 7) is 2.60. The first-order valence-corrected chi connectivity index (χ1v) is 10.5. The van der Waals surface area contributed by atoms with Crippen molar-refractivity contribution in [1.82, 2.24) is 15.5 Å². The lowest BCUT2D eigenvalue weighted by molar-refractivity contribution is -0.123. The van der Waals surface area contributed by atoms with Crippen LogP contribution in [0.25, 0.3) is 11.3 Å². The van der Waals surface area contributed by atoms with Gasteiger partial charge >= 0.3 is 0 Å². The van der Waals surface area contributed by atoms with Crippen molar-refractivity contribution >= 4 is 29.1 Å². The van der Waals surface area contributed by atoms with Crippen molar-refractivity contribution in [2.45, 2.75) is 6.92 Å². The minimum Gasteiger partial charge on any atom is -0.494 e. The number of nitrogens with zero attached hydrogens (tertiary/aromatic N) is 2. The van der Waals surface area contributed by atoms with E-state index in [1.165, 1.54) is 0 Å². The molecule has 1 amide bonds. The quantitative estimate of drug-likeness (QED) is 0.429. The van der Waals surface area contributed by atoms with Crippen molar-refractivity contribution in [2.75, 3.05) is 26.4 Å². The van der Waals surface area contributed by atoms with Gasteiger partial charge in [-0.3, -0.25) is 4.79 Å². The fourth-order valence-electron chi connectivity index (χ4n) is 2.64. The molecule has 10 heteroatoms. The second-order valence-corrected chi connectivity index (χ2v) is 7.21. The fourth-order valence-corrected chi connectivity index (χ4v) is 3.21. The summed E-state index contributed by atoms with van der Waals surface area (Å²) in [5.41, 5.74) is 1.60. The van der Waals surface area contributed by atoms with Crippen LogP contribution in [0, 0.1) is 5.82 Å². The van der Waals surface area contributed by atoms with Crippen LogP contribution in [0.1, 0.15) is 6.92 Å². The highest BCUT2D eigenvalue weighted by molar-refractivity contribution is 6.37. The van der Waals surface area contributed by atoms with E-state index in [0.29, 0.717) is 18.2 Å². The molecule has 0 spiro atoms. The molecule has 7 nitrogen and oxygen atoms in total. The normalized spacial score (nSPS) is 10.5. The lowest BCUT2D eigenvalue weighted by Gasteiger charge is -2.11. The first kappa shape index (κ1) is 23.6. The van der Waals surface area contributed by atoms with Crippen molar-refractivity contribution in [3.05, 3.63) is 64.4 Å². The Morgan fingerprint density at radius 1 is 1.00 bits per heavy atom. The summed E-state index contributed by atoms with van der Waals surface area (Å²) < 4.78 is 29.3. The Bertz CT molecular complexity index is 1030. The third kappa shape index (κ3) is 6.70. The molecule has 1 N–H and O–H groups in total. The Morgan fingerprint density at radius 3 is 2.34 bits per heavy atom. The molecular weight excluding hydrogens is 460 g/mol. The van der Waals surface area contributed by atoms with Crippen molar-refractivity contribution in [3.63, 3.8) is 0 Å². The molecule has 3 rings (SSSR count). The number of carbonyl (C=O) groups excluding carboxylic acids is 1. The summed E-state index contributed by atoms with van der Waals surface area (Å²) >= 11 is 11.7. The topological polar surface area (TPSA) is 82.6 Å². The lowest BCUT2D eigenvalue weighted by Crippen LogP contribution is -2.32. The van der Waals surface area contributed by atoms with E-state index in [4.69, 9.17) is 37.4 Å². The van der Waals surface area contributed by atoms with E-state index in [0.717, 1.165) is 23.4 Å². The molecule has 1 heterocycles. The molecule has 0 saturated carbocycles. The maximum atomic E-state index is 13.2. The highest BCUT2D eigenvalue weighted by Gasteiger charge is 2.12. The Balaban J connectivity index is 1.40. The summed E-state index contributed by atoms with van der Waals surface area (Å²) in [5.74, 6) is 0.158. The van der Waals surface area contributed by atoms with Crippen LogP contribution in [0.15, 0.2) is 48.5 Å². The van der Waals surface area contributed by atoms with E-state index in [1.807, 2.05) is 31.2 Å². The van der Waals surface area contributed by atoms with Crippen LogP contribution in [-0.4, -0.2) is 42.5 Å². The van der Waals surface area contributed by atoms with Gasteiger partial charge in [-0.15, -0.1) is 10.2 Å². The van der Waals surface area contributed by atoms with Gasteiger partial charge in [0.2, 0.25) is 5.88 Å². The van der Waals surface area contributed by atoms with E-state index in [9.17, 15) is 9.18 Å². The van der Waals surface area contributed by atoms with Crippen LogP contribution < -0.4 is 19.5 Å². The second kappa shape index (κ2) is 11.5. The Kier molecular flexibility index (Phi) is 8.47. The molecule has 0 radical (unpaired) electrons. The van der Waals surface area contributed by atoms with Crippen LogP contribution in [0.2, 0.25) is 10.0 Å². The lowest BCUT2D eigenvalue weighted by atomic mass is 10.1. The van der Waals surface area contributed by atoms with Gasteiger partial charge in [-0.05, 0) is 49.4 Å². The van der Waals surface area contributed by atoms with Crippen molar-refractivity contribution in [3.8, 4) is 28.6 Å². The molecule has 1 aromatic heterocycles. The van der Waals surface area contributed by atoms with Crippen molar-refractivity contribution in [2.24, 2.45) is 0 Å². The highest BCUT2D eigenvalue weighted by atomic mass is 35.5. The summed E-state index contributed by atoms with van der Waals surface area (Å²) in [4.78, 5) is 11.9. The van der Waals surface area contributed by atoms with Crippen molar-refractivity contribution in [1.29, 1.82) is 0 Å². The molecule has 3 aromatic rings. The van der Waals surface area contributed by atoms with Crippen LogP contribution >= 0.6 is 23.2 Å². The Labute approximate surface area is 194 Å². The SMILES string of the molecule is CCOc1ccc(-c2ccc(OCCNC(=O)COc3c(Cl)cc(F)cc3Cl)nn2)cc1. The molecule has 0 aliphatic heterocycles. The molecule has 0 atom stereocenters. The maximum absolute atomic E-state index is 13.2. The molecule has 0 saturated heterocycles. The van der Waals surface area contributed by atoms with Crippen LogP contribution in [0.5, 0.6) is 17.4 Å². The zero-order chi connectivity index (χ0) is 22.9. The minimum atomic E-state index is -0.593. The zero-order valence-corrected chi connectivity index (χ0v) is 18.6. The van der Waals surface area contributed by atoms with Crippen LogP contribution in [-0.2, 0) is 4.79 Å². The highest BCUT2D eigenvalue weighted by Crippen LogP contribution is 2.33. The Morgan fingerprint density at radius 2 is 1.72 bits per heavy atom. The molecule has 0 aliphatic rings. The van der Waals surface area contributed by atoms with Gasteiger partial charge in [0.15, 0.2) is 12.4 Å². The fraction of sp³-hybridized carbons (Fsp3) is 0.227. The summed E-state index contributed by atoms with van der Waals surface area (Å²) in [6.07, 6.45) is 0. The third-order valence-corrected chi connectivity index (χ3v) is 4.65. The predicted molar refractivity (Wildman–Crippen MR) is 119 cm³/mol. The second-order valence-electron chi connectivity index (χ2n) is 6.40. The van der Waals surface area contributed by atoms with E-state index in [1.54, 1.807) is 12.1 Å². The van der Waals surface area contributed by atoms with Crippen LogP contribution in [0.4, 0.5) is 4.39 Å². The number of halogens is 3. The average Bonchev–Trinajstić information content (AvgIpc) is 2.77. The van der Waals surface area contributed by atoms with E-state index in [2.05, 4.69) is 15.5 Å². The van der Waals surface area contributed by atoms with Gasteiger partial charge in [0.25, 0.3) is 5.91 Å². The average molecular weight is 480 g/mol. The number of hydrogen-bond donors (Lipinski definition) is 1. The van der Waals surface area contributed by atoms with E-state index in [-0.39, 0.29) is 35.6 Å². The number of amides is 1. The molecule has 0 aliphatic carbocycles. The van der Waals surface area contributed by atoms with Gasteiger partial charge < -0.3 is 19.5 Å². The monoisotopic (exact) mass is 479 g/mol. The van der Waals surface area contributed by atoms with Gasteiger partial charge in [0.05, 0.1) is 28.9 Å². The molecular formula is C22H20Cl2FN3O4. The maximum Gasteiger partial charge on any atom is 0.258 e. The van der Waals surface area contributed by atoms with E-state index < -0.39 is 11.7 Å². The van der Waals surface area contributed by atoms with Gasteiger partial charge in [-0.1, -0.05) is 23.2 Å². The summed E-state index contributed by atoms with van der Waals surface area (Å²) in [7, 11) is 0. The smallest absolute Gasteiger partial charge is 0.258 e. The number of benzene rings is 2. The number of rotatable bonds is 10. The summed E-state index contributed by atoms with van der Waals surface area (Å²) in [6, 6.07) is 13.1. The predicted octanol–water partition coefficient (Wildman–Crippen LogP) is 4.56. The standard InChI is InChI=1S/C22H20Cl2FN3O4/c1-2-30-16-5-3-14(4-6-16)19-7-8-21(28-27-19)31-10-9-26-20(29)13-32-22-17(23)11-15(25)12-18(22)24/h3-8,11-12H,2,9-10,13H2,1H3,(H,26,29). The minimum absolute atomic E-state index is 0.0154. The number of hydrogen-bond acceptors (Lipinski definition) is 6. The zero-order valence-electron chi connectivity index (χ0n) is 17.1. The first-order valence-electron chi connectivity index (χ1n) is 9.70. The molecule has 168 valence electrons. The van der Waals surface area contributed by atoms with Gasteiger partial charge in [-0.25, -0.2) is 4.39 Å². The number of nitrogens with one attached hydrogen (secondary N) is 1. The van der Waals surface area contributed by atoms with Gasteiger partial charge in [-0.2, -0.15) is 0 Å². The number of aromatic nitrogens is 2. The summed E-state index contributed by atoms with van der Waals surface area (Å²) in [5, 5.41) is 10.8. The largest absolute Gasteiger partial charge is 0.494 e. The molecule has 0 bridgehead atoms. The van der Waals surface area contributed by atoms with Gasteiger partial charge in [0.1, 0.15) is 18.2 Å². The van der Waals surface area contributed by atoms with Gasteiger partial charge in [0, 0.05) is 11.6 Å². The first-order chi connectivity index (χ1) is 15.5. The third-order valence-electron chi connectivity index (χ3n) is 4.09. The van der Waals surface area contributed by atoms with Crippen LogP contribution in [0.3, 0.4) is 0 Å². The number of ether oxygens (including phenoxy) is 3. The molecule has 32 heavy (non-hydrogen) atoms. The number of carbonyl (C=O) groups is 1. The molecule has 2 aromatic carbocycles. The molecule has 0 unspecified atom stereocenters. The van der Waals surface area contributed by atoms with Crippen molar-refractivity contribution < 1.29 is 23.4 Å². The molecule has 0 fully saturated rings.